The molecule has 4 atom stereocenters. The van der Waals surface area contributed by atoms with Gasteiger partial charge in [0.2, 0.25) is 0 Å². The number of nitrogens with two attached hydrogens (primary N) is 2. The van der Waals surface area contributed by atoms with Crippen LogP contribution in [-0.2, 0) is 9.59 Å². The van der Waals surface area contributed by atoms with Gasteiger partial charge in [-0.3, -0.25) is 0 Å². The lowest BCUT2D eigenvalue weighted by molar-refractivity contribution is -0.690. The first-order valence-electron chi connectivity index (χ1n) is 6.99. The van der Waals surface area contributed by atoms with Crippen molar-refractivity contribution in [2.45, 2.75) is 22.8 Å². The van der Waals surface area contributed by atoms with Gasteiger partial charge < -0.3 is 30.4 Å². The van der Waals surface area contributed by atoms with Gasteiger partial charge in [-0.2, -0.15) is 0 Å². The van der Waals surface area contributed by atoms with E-state index in [-0.39, 0.29) is 10.7 Å². The minimum Gasteiger partial charge on any atom is -0.544 e. The van der Waals surface area contributed by atoms with Crippen LogP contribution in [0.2, 0.25) is 0 Å². The predicted molar refractivity (Wildman–Crippen MR) is 78.3 cm³/mol. The van der Waals surface area contributed by atoms with Gasteiger partial charge >= 0.3 is 0 Å². The second-order valence-electron chi connectivity index (χ2n) is 5.41. The summed E-state index contributed by atoms with van der Waals surface area (Å²) in [5.41, 5.74) is 2.13. The van der Waals surface area contributed by atoms with Crippen LogP contribution in [0.1, 0.15) is 21.9 Å². The Labute approximate surface area is 136 Å². The molecule has 0 aromatic heterocycles. The molecule has 2 saturated heterocycles. The lowest BCUT2D eigenvalue weighted by atomic mass is 10.1. The number of rotatable bonds is 4. The Morgan fingerprint density at radius 3 is 1.50 bits per heavy atom. The van der Waals surface area contributed by atoms with E-state index in [1.54, 1.807) is 23.5 Å². The fourth-order valence-electron chi connectivity index (χ4n) is 2.64. The third-order valence-electron chi connectivity index (χ3n) is 3.92. The van der Waals surface area contributed by atoms with Gasteiger partial charge in [0.1, 0.15) is 24.0 Å². The van der Waals surface area contributed by atoms with E-state index >= 15 is 0 Å². The van der Waals surface area contributed by atoms with E-state index in [0.717, 1.165) is 11.1 Å². The van der Waals surface area contributed by atoms with Crippen molar-refractivity contribution in [3.63, 3.8) is 0 Å². The molecule has 22 heavy (non-hydrogen) atoms. The van der Waals surface area contributed by atoms with Crippen LogP contribution in [0.4, 0.5) is 0 Å². The average molecular weight is 340 g/mol. The fourth-order valence-corrected chi connectivity index (χ4v) is 5.27. The summed E-state index contributed by atoms with van der Waals surface area (Å²) in [6.45, 7) is 0. The molecule has 0 radical (unpaired) electrons. The average Bonchev–Trinajstić information content (AvgIpc) is 3.17. The molecule has 0 bridgehead atoms. The zero-order chi connectivity index (χ0) is 15.7. The molecule has 0 unspecified atom stereocenters. The van der Waals surface area contributed by atoms with Crippen molar-refractivity contribution in [1.82, 2.24) is 0 Å². The van der Waals surface area contributed by atoms with E-state index in [2.05, 4.69) is 0 Å². The van der Waals surface area contributed by atoms with Crippen molar-refractivity contribution in [1.29, 1.82) is 0 Å². The molecule has 0 amide bonds. The molecule has 0 aliphatic carbocycles. The minimum atomic E-state index is -1.02. The standard InChI is InChI=1S/C14H16N2O4S2/c17-13(18)9-5-21-11(15-9)7-1-2-8(4-3-7)12-16-10(6-22-12)14(19)20/h1-4,9-12,15-16H,5-6H2,(H,17,18)(H,19,20)/t9-,10-,11+,12+/m0/s1. The molecular weight excluding hydrogens is 324 g/mol. The Morgan fingerprint density at radius 1 is 0.864 bits per heavy atom. The van der Waals surface area contributed by atoms with Gasteiger partial charge in [0, 0.05) is 11.1 Å². The second-order valence-corrected chi connectivity index (χ2v) is 7.76. The number of hydrogen-bond acceptors (Lipinski definition) is 6. The number of hydrogen-bond donors (Lipinski definition) is 2. The summed E-state index contributed by atoms with van der Waals surface area (Å²) in [5, 5.41) is 25.5. The third-order valence-corrected chi connectivity index (χ3v) is 6.60. The number of quaternary nitrogens is 2. The maximum Gasteiger partial charge on any atom is 0.159 e. The molecule has 2 aliphatic rings. The van der Waals surface area contributed by atoms with Crippen molar-refractivity contribution in [3.8, 4) is 0 Å². The number of carbonyl (C=O) groups excluding carboxylic acids is 2. The third kappa shape index (κ3) is 3.24. The highest BCUT2D eigenvalue weighted by atomic mass is 32.2. The van der Waals surface area contributed by atoms with E-state index in [1.807, 2.05) is 34.9 Å². The molecule has 0 spiro atoms. The molecule has 2 fully saturated rings. The Kier molecular flexibility index (Phi) is 4.62. The smallest absolute Gasteiger partial charge is 0.159 e. The van der Waals surface area contributed by atoms with Crippen LogP contribution in [0.5, 0.6) is 0 Å². The monoisotopic (exact) mass is 340 g/mol. The van der Waals surface area contributed by atoms with Crippen molar-refractivity contribution in [3.05, 3.63) is 35.4 Å². The molecule has 0 saturated carbocycles. The molecule has 6 nitrogen and oxygen atoms in total. The Bertz CT molecular complexity index is 530. The SMILES string of the molecule is O=C([O-])[C@@H]1CS[C@H](c2ccc([C@@H]3[NH2+][C@H](C(=O)[O-])CS3)cc2)[NH2+]1. The van der Waals surface area contributed by atoms with Gasteiger partial charge in [0.15, 0.2) is 10.7 Å². The first-order chi connectivity index (χ1) is 10.5. The quantitative estimate of drug-likeness (QED) is 0.589. The summed E-state index contributed by atoms with van der Waals surface area (Å²) in [7, 11) is 0. The van der Waals surface area contributed by atoms with Crippen LogP contribution >= 0.6 is 23.5 Å². The first kappa shape index (κ1) is 15.7. The van der Waals surface area contributed by atoms with E-state index in [1.165, 1.54) is 0 Å². The number of carbonyl (C=O) groups is 2. The molecule has 2 aliphatic heterocycles. The van der Waals surface area contributed by atoms with Crippen LogP contribution in [0.25, 0.3) is 0 Å². The number of carboxylic acids is 2. The molecule has 4 N–H and O–H groups in total. The predicted octanol–water partition coefficient (Wildman–Crippen LogP) is -3.46. The highest BCUT2D eigenvalue weighted by Crippen LogP contribution is 2.30. The van der Waals surface area contributed by atoms with Crippen molar-refractivity contribution < 1.29 is 30.4 Å². The maximum atomic E-state index is 10.9. The Morgan fingerprint density at radius 2 is 1.23 bits per heavy atom. The van der Waals surface area contributed by atoms with Gasteiger partial charge in [-0.25, -0.2) is 0 Å². The minimum absolute atomic E-state index is 0.0770. The molecular formula is C14H16N2O4S2. The zero-order valence-electron chi connectivity index (χ0n) is 11.6. The number of aliphatic carboxylic acids is 2. The van der Waals surface area contributed by atoms with E-state index in [9.17, 15) is 19.8 Å². The van der Waals surface area contributed by atoms with Crippen LogP contribution in [0.3, 0.4) is 0 Å². The van der Waals surface area contributed by atoms with Gasteiger partial charge in [-0.1, -0.05) is 47.8 Å². The summed E-state index contributed by atoms with van der Waals surface area (Å²) < 4.78 is 0. The maximum absolute atomic E-state index is 10.9. The van der Waals surface area contributed by atoms with E-state index < -0.39 is 24.0 Å². The van der Waals surface area contributed by atoms with Gasteiger partial charge in [-0.15, -0.1) is 0 Å². The topological polar surface area (TPSA) is 113 Å². The summed E-state index contributed by atoms with van der Waals surface area (Å²) in [4.78, 5) is 21.8. The zero-order valence-corrected chi connectivity index (χ0v) is 13.3. The molecule has 118 valence electrons. The van der Waals surface area contributed by atoms with Crippen LogP contribution in [-0.4, -0.2) is 35.5 Å². The number of thioether (sulfide) groups is 2. The highest BCUT2D eigenvalue weighted by molar-refractivity contribution is 7.99. The van der Waals surface area contributed by atoms with Crippen molar-refractivity contribution in [2.75, 3.05) is 11.5 Å². The molecule has 8 heteroatoms. The molecule has 1 aromatic carbocycles. The van der Waals surface area contributed by atoms with Crippen LogP contribution in [0, 0.1) is 0 Å². The van der Waals surface area contributed by atoms with Gasteiger partial charge in [0.25, 0.3) is 0 Å². The summed E-state index contributed by atoms with van der Waals surface area (Å²) in [6.07, 6.45) is 0. The summed E-state index contributed by atoms with van der Waals surface area (Å²) in [6, 6.07) is 6.97. The normalized spacial score (nSPS) is 31.3. The lowest BCUT2D eigenvalue weighted by Gasteiger charge is -2.13. The number of carboxylic acid groups (broad SMARTS) is 2. The van der Waals surface area contributed by atoms with Crippen molar-refractivity contribution >= 4 is 35.5 Å². The Balaban J connectivity index is 1.64. The van der Waals surface area contributed by atoms with Crippen molar-refractivity contribution in [2.24, 2.45) is 0 Å². The lowest BCUT2D eigenvalue weighted by Crippen LogP contribution is -2.90. The first-order valence-corrected chi connectivity index (χ1v) is 9.09. The van der Waals surface area contributed by atoms with Gasteiger partial charge in [-0.05, 0) is 0 Å². The van der Waals surface area contributed by atoms with Gasteiger partial charge in [0.05, 0.1) is 11.5 Å². The fraction of sp³-hybridized carbons (Fsp3) is 0.429. The molecule has 1 aromatic rings. The largest absolute Gasteiger partial charge is 0.544 e. The summed E-state index contributed by atoms with van der Waals surface area (Å²) >= 11 is 3.20. The summed E-state index contributed by atoms with van der Waals surface area (Å²) in [5.74, 6) is -0.934. The van der Waals surface area contributed by atoms with E-state index in [0.29, 0.717) is 11.5 Å². The van der Waals surface area contributed by atoms with Crippen LogP contribution < -0.4 is 20.8 Å². The molecule has 2 heterocycles. The molecule has 3 rings (SSSR count). The van der Waals surface area contributed by atoms with Crippen LogP contribution in [0.15, 0.2) is 24.3 Å². The number of benzene rings is 1. The van der Waals surface area contributed by atoms with E-state index in [4.69, 9.17) is 0 Å². The second kappa shape index (κ2) is 6.49. The Hall–Kier alpha value is -1.22. The highest BCUT2D eigenvalue weighted by Gasteiger charge is 2.33.